The lowest BCUT2D eigenvalue weighted by molar-refractivity contribution is 0.0980. The first-order valence-corrected chi connectivity index (χ1v) is 10.2. The average Bonchev–Trinajstić information content (AvgIpc) is 2.71. The molecule has 0 bridgehead atoms. The van der Waals surface area contributed by atoms with Gasteiger partial charge in [-0.1, -0.05) is 29.9 Å². The highest BCUT2D eigenvalue weighted by Gasteiger charge is 2.16. The lowest BCUT2D eigenvalue weighted by Crippen LogP contribution is -2.07. The maximum absolute atomic E-state index is 12.5. The number of carbonyl (C=O) groups excluding carboxylic acids is 1. The number of aryl methyl sites for hydroxylation is 1. The second kappa shape index (κ2) is 10.7. The van der Waals surface area contributed by atoms with Gasteiger partial charge in [0.25, 0.3) is 0 Å². The fourth-order valence-electron chi connectivity index (χ4n) is 3.26. The summed E-state index contributed by atoms with van der Waals surface area (Å²) in [6.07, 6.45) is 3.35. The summed E-state index contributed by atoms with van der Waals surface area (Å²) in [6.45, 7) is 7.45. The van der Waals surface area contributed by atoms with E-state index in [4.69, 9.17) is 0 Å². The minimum absolute atomic E-state index is 0.0864. The lowest BCUT2D eigenvalue weighted by Gasteiger charge is -2.13. The zero-order valence-electron chi connectivity index (χ0n) is 17.9. The fraction of sp³-hybridized carbons (Fsp3) is 0.320. The van der Waals surface area contributed by atoms with Gasteiger partial charge in [0.15, 0.2) is 17.3 Å². The van der Waals surface area contributed by atoms with Crippen molar-refractivity contribution in [2.45, 2.75) is 52.1 Å². The molecule has 2 rings (SSSR count). The van der Waals surface area contributed by atoms with Crippen molar-refractivity contribution in [1.29, 1.82) is 0 Å². The number of benzene rings is 2. The lowest BCUT2D eigenvalue weighted by atomic mass is 9.95. The van der Waals surface area contributed by atoms with E-state index in [0.717, 1.165) is 11.6 Å². The van der Waals surface area contributed by atoms with Gasteiger partial charge in [-0.2, -0.15) is 0 Å². The van der Waals surface area contributed by atoms with E-state index < -0.39 is 6.10 Å². The molecule has 0 heterocycles. The van der Waals surface area contributed by atoms with Crippen LogP contribution in [-0.4, -0.2) is 37.4 Å². The van der Waals surface area contributed by atoms with Crippen LogP contribution in [0, 0.1) is 0 Å². The molecular weight excluding hydrogens is 396 g/mol. The van der Waals surface area contributed by atoms with Crippen molar-refractivity contribution < 1.29 is 30.3 Å². The number of hydrogen-bond donors (Lipinski definition) is 5. The van der Waals surface area contributed by atoms with E-state index in [-0.39, 0.29) is 40.8 Å². The third kappa shape index (κ3) is 6.62. The van der Waals surface area contributed by atoms with Crippen molar-refractivity contribution in [2.75, 3.05) is 0 Å². The molecule has 0 amide bonds. The van der Waals surface area contributed by atoms with Crippen LogP contribution < -0.4 is 0 Å². The summed E-state index contributed by atoms with van der Waals surface area (Å²) in [5, 5.41) is 49.4. The maximum atomic E-state index is 12.5. The Balaban J connectivity index is 2.12. The molecule has 2 aromatic carbocycles. The summed E-state index contributed by atoms with van der Waals surface area (Å²) in [4.78, 5) is 12.5. The summed E-state index contributed by atoms with van der Waals surface area (Å²) < 4.78 is 0. The number of hydrogen-bond acceptors (Lipinski definition) is 6. The molecule has 5 N–H and O–H groups in total. The van der Waals surface area contributed by atoms with Crippen molar-refractivity contribution in [2.24, 2.45) is 0 Å². The summed E-state index contributed by atoms with van der Waals surface area (Å²) in [7, 11) is 0. The molecule has 0 aliphatic heterocycles. The van der Waals surface area contributed by atoms with Crippen LogP contribution in [0.4, 0.5) is 0 Å². The Morgan fingerprint density at radius 3 is 2.39 bits per heavy atom. The largest absolute Gasteiger partial charge is 0.508 e. The first kappa shape index (κ1) is 24.0. The number of aromatic hydroxyl groups is 4. The van der Waals surface area contributed by atoms with Crippen molar-refractivity contribution in [1.82, 2.24) is 0 Å². The van der Waals surface area contributed by atoms with Gasteiger partial charge in [0.1, 0.15) is 11.5 Å². The van der Waals surface area contributed by atoms with Crippen molar-refractivity contribution in [3.05, 3.63) is 70.8 Å². The van der Waals surface area contributed by atoms with E-state index in [1.165, 1.54) is 18.2 Å². The number of ketones is 1. The Morgan fingerprint density at radius 1 is 1.03 bits per heavy atom. The molecule has 166 valence electrons. The topological polar surface area (TPSA) is 118 Å². The van der Waals surface area contributed by atoms with Crippen LogP contribution in [0.25, 0.3) is 0 Å². The number of phenols is 4. The molecule has 31 heavy (non-hydrogen) atoms. The summed E-state index contributed by atoms with van der Waals surface area (Å²) >= 11 is 0. The SMILES string of the molecule is C=C(C)[C@H](O)CC/C(C)=C/Cc1c(CCC(=O)c2ccc(O)cc2O)ccc(O)c1O. The molecule has 0 aliphatic rings. The van der Waals surface area contributed by atoms with Gasteiger partial charge in [-0.05, 0) is 63.3 Å². The smallest absolute Gasteiger partial charge is 0.166 e. The van der Waals surface area contributed by atoms with Crippen molar-refractivity contribution in [3.63, 3.8) is 0 Å². The average molecular weight is 427 g/mol. The summed E-state index contributed by atoms with van der Waals surface area (Å²) in [5.74, 6) is -1.16. The molecule has 6 heteroatoms. The first-order valence-electron chi connectivity index (χ1n) is 10.2. The highest BCUT2D eigenvalue weighted by molar-refractivity contribution is 5.98. The highest BCUT2D eigenvalue weighted by atomic mass is 16.3. The van der Waals surface area contributed by atoms with Gasteiger partial charge >= 0.3 is 0 Å². The highest BCUT2D eigenvalue weighted by Crippen LogP contribution is 2.33. The van der Waals surface area contributed by atoms with Crippen molar-refractivity contribution >= 4 is 5.78 Å². The quantitative estimate of drug-likeness (QED) is 0.216. The molecule has 0 radical (unpaired) electrons. The second-order valence-electron chi connectivity index (χ2n) is 7.85. The van der Waals surface area contributed by atoms with Crippen LogP contribution >= 0.6 is 0 Å². The third-order valence-corrected chi connectivity index (χ3v) is 5.30. The molecule has 0 unspecified atom stereocenters. The minimum atomic E-state index is -0.560. The van der Waals surface area contributed by atoms with E-state index in [0.29, 0.717) is 42.4 Å². The fourth-order valence-corrected chi connectivity index (χ4v) is 3.26. The standard InChI is InChI=1S/C25H30O6/c1-15(2)21(27)11-5-16(3)4-9-19-17(7-13-23(29)25(19)31)6-12-22(28)20-10-8-18(26)14-24(20)30/h4,7-8,10,13-14,21,26-27,29-31H,1,5-6,9,11-12H2,2-3H3/b16-4+/t21-/m1/s1. The molecule has 0 saturated carbocycles. The van der Waals surface area contributed by atoms with E-state index >= 15 is 0 Å². The molecular formula is C25H30O6. The van der Waals surface area contributed by atoms with Crippen LogP contribution in [0.5, 0.6) is 23.0 Å². The Kier molecular flexibility index (Phi) is 8.28. The molecule has 2 aromatic rings. The zero-order chi connectivity index (χ0) is 23.1. The van der Waals surface area contributed by atoms with E-state index in [9.17, 15) is 30.3 Å². The molecule has 1 atom stereocenters. The summed E-state index contributed by atoms with van der Waals surface area (Å²) in [5.41, 5.74) is 3.11. The predicted molar refractivity (Wildman–Crippen MR) is 120 cm³/mol. The summed E-state index contributed by atoms with van der Waals surface area (Å²) in [6, 6.07) is 6.87. The Morgan fingerprint density at radius 2 is 1.74 bits per heavy atom. The van der Waals surface area contributed by atoms with Gasteiger partial charge < -0.3 is 25.5 Å². The van der Waals surface area contributed by atoms with Crippen LogP contribution in [0.3, 0.4) is 0 Å². The van der Waals surface area contributed by atoms with Crippen LogP contribution in [0.1, 0.15) is 54.6 Å². The molecule has 0 aliphatic carbocycles. The minimum Gasteiger partial charge on any atom is -0.508 e. The normalized spacial score (nSPS) is 12.5. The molecule has 0 fully saturated rings. The zero-order valence-corrected chi connectivity index (χ0v) is 17.9. The predicted octanol–water partition coefficient (Wildman–Crippen LogP) is 4.53. The first-order chi connectivity index (χ1) is 14.6. The Labute approximate surface area is 182 Å². The number of phenolic OH excluding ortho intramolecular Hbond substituents is 4. The number of carbonyl (C=O) groups is 1. The van der Waals surface area contributed by atoms with E-state index in [2.05, 4.69) is 6.58 Å². The second-order valence-corrected chi connectivity index (χ2v) is 7.85. The Bertz CT molecular complexity index is 990. The molecule has 0 saturated heterocycles. The van der Waals surface area contributed by atoms with Gasteiger partial charge in [0.05, 0.1) is 11.7 Å². The van der Waals surface area contributed by atoms with Gasteiger partial charge in [0, 0.05) is 18.1 Å². The van der Waals surface area contributed by atoms with Crippen molar-refractivity contribution in [3.8, 4) is 23.0 Å². The number of aliphatic hydroxyl groups is 1. The molecule has 0 aromatic heterocycles. The Hall–Kier alpha value is -3.25. The molecule has 0 spiro atoms. The van der Waals surface area contributed by atoms with Gasteiger partial charge in [-0.25, -0.2) is 0 Å². The monoisotopic (exact) mass is 426 g/mol. The van der Waals surface area contributed by atoms with Crippen LogP contribution in [0.2, 0.25) is 0 Å². The van der Waals surface area contributed by atoms with E-state index in [1.54, 1.807) is 13.0 Å². The number of allylic oxidation sites excluding steroid dienone is 2. The third-order valence-electron chi connectivity index (χ3n) is 5.30. The molecule has 6 nitrogen and oxygen atoms in total. The number of Topliss-reactive ketones (excluding diaryl/α,β-unsaturated/α-hetero) is 1. The van der Waals surface area contributed by atoms with Crippen LogP contribution in [-0.2, 0) is 12.8 Å². The van der Waals surface area contributed by atoms with E-state index in [1.807, 2.05) is 13.0 Å². The van der Waals surface area contributed by atoms with Crippen LogP contribution in [0.15, 0.2) is 54.1 Å². The maximum Gasteiger partial charge on any atom is 0.166 e. The number of rotatable bonds is 10. The van der Waals surface area contributed by atoms with Gasteiger partial charge in [-0.15, -0.1) is 0 Å². The van der Waals surface area contributed by atoms with Gasteiger partial charge in [0.2, 0.25) is 0 Å². The number of aliphatic hydroxyl groups excluding tert-OH is 1. The van der Waals surface area contributed by atoms with Gasteiger partial charge in [-0.3, -0.25) is 4.79 Å².